The van der Waals surface area contributed by atoms with Gasteiger partial charge in [0.15, 0.2) is 5.11 Å². The molecule has 0 aromatic heterocycles. The minimum atomic E-state index is -1.28. The number of nitrogens with zero attached hydrogens (tertiary/aromatic N) is 4. The molecule has 1 aliphatic heterocycles. The van der Waals surface area contributed by atoms with Crippen LogP contribution in [0.15, 0.2) is 106 Å². The van der Waals surface area contributed by atoms with Gasteiger partial charge in [-0.05, 0) is 53.0 Å². The van der Waals surface area contributed by atoms with Crippen LogP contribution in [0.2, 0.25) is 0 Å². The molecule has 3 N–H and O–H groups in total. The number of carbonyl (C=O) groups is 1. The van der Waals surface area contributed by atoms with E-state index in [1.54, 1.807) is 6.07 Å². The van der Waals surface area contributed by atoms with Crippen LogP contribution in [0.4, 0.5) is 5.69 Å². The number of hydrogen-bond donors (Lipinski definition) is 3. The highest BCUT2D eigenvalue weighted by molar-refractivity contribution is 7.80. The molecule has 0 bridgehead atoms. The predicted octanol–water partition coefficient (Wildman–Crippen LogP) is 4.96. The molecule has 4 rings (SSSR count). The molecule has 0 spiro atoms. The molecule has 3 aromatic rings. The molecule has 0 saturated carbocycles. The van der Waals surface area contributed by atoms with E-state index < -0.39 is 5.66 Å². The summed E-state index contributed by atoms with van der Waals surface area (Å²) in [5, 5.41) is 25.2. The van der Waals surface area contributed by atoms with Crippen molar-refractivity contribution in [2.24, 2.45) is 20.7 Å². The first-order chi connectivity index (χ1) is 16.6. The van der Waals surface area contributed by atoms with Crippen molar-refractivity contribution in [3.8, 4) is 11.5 Å². The molecule has 0 atom stereocenters. The van der Waals surface area contributed by atoms with Gasteiger partial charge in [-0.25, -0.2) is 0 Å². The number of nitrogens with one attached hydrogen (secondary N) is 3. The van der Waals surface area contributed by atoms with E-state index in [1.807, 2.05) is 78.9 Å². The largest absolute Gasteiger partial charge is 0.457 e. The Bertz CT molecular complexity index is 1170. The lowest BCUT2D eigenvalue weighted by Crippen LogP contribution is -2.38. The summed E-state index contributed by atoms with van der Waals surface area (Å²) >= 11 is 5.28. The van der Waals surface area contributed by atoms with Crippen LogP contribution in [-0.2, 0) is 10.5 Å². The van der Waals surface area contributed by atoms with Gasteiger partial charge in [0.05, 0.1) is 6.42 Å². The molecule has 3 aromatic carbocycles. The van der Waals surface area contributed by atoms with Crippen LogP contribution in [0.25, 0.3) is 0 Å². The molecule has 1 amide bonds. The maximum Gasteiger partial charge on any atom is 0.232 e. The zero-order valence-corrected chi connectivity index (χ0v) is 19.0. The lowest BCUT2D eigenvalue weighted by Gasteiger charge is -2.22. The predicted molar refractivity (Wildman–Crippen MR) is 133 cm³/mol. The Balaban J connectivity index is 1.34. The van der Waals surface area contributed by atoms with E-state index in [4.69, 9.17) is 17.0 Å². The fourth-order valence-electron chi connectivity index (χ4n) is 3.34. The van der Waals surface area contributed by atoms with Crippen LogP contribution in [0, 0.1) is 0 Å². The van der Waals surface area contributed by atoms with Gasteiger partial charge in [-0.3, -0.25) is 4.79 Å². The summed E-state index contributed by atoms with van der Waals surface area (Å²) in [7, 11) is 0. The number of anilines is 1. The van der Waals surface area contributed by atoms with Gasteiger partial charge in [-0.2, -0.15) is 0 Å². The zero-order valence-electron chi connectivity index (χ0n) is 18.2. The van der Waals surface area contributed by atoms with E-state index in [0.29, 0.717) is 35.3 Å². The van der Waals surface area contributed by atoms with Gasteiger partial charge in [0.1, 0.15) is 11.5 Å². The number of hydrogen-bond acceptors (Lipinski definition) is 7. The second-order valence-corrected chi connectivity index (χ2v) is 7.79. The number of carbonyl (C=O) groups excluding carboxylic acids is 1. The molecular formula is C24H23N7O2S. The molecule has 1 aliphatic rings. The first-order valence-electron chi connectivity index (χ1n) is 10.7. The minimum Gasteiger partial charge on any atom is -0.457 e. The van der Waals surface area contributed by atoms with Crippen molar-refractivity contribution in [2.75, 3.05) is 18.4 Å². The number of rotatable bonds is 9. The standard InChI is InChI=1S/C24H23N7O2S/c32-22(25-15-16-26-23(34)27-18-9-3-1-4-10-18)17-24(28-30-31-29-24)20-13-7-8-14-21(20)33-19-11-5-2-6-12-19/h1-14H,15-17H2,(H,25,32)(H2,26,27,34). The van der Waals surface area contributed by atoms with E-state index in [-0.39, 0.29) is 12.3 Å². The Morgan fingerprint density at radius 3 is 2.18 bits per heavy atom. The summed E-state index contributed by atoms with van der Waals surface area (Å²) in [5.41, 5.74) is 0.206. The lowest BCUT2D eigenvalue weighted by atomic mass is 9.96. The molecule has 34 heavy (non-hydrogen) atoms. The number of ether oxygens (including phenoxy) is 1. The monoisotopic (exact) mass is 473 g/mol. The van der Waals surface area contributed by atoms with E-state index in [2.05, 4.69) is 36.6 Å². The second kappa shape index (κ2) is 11.1. The average molecular weight is 474 g/mol. The molecule has 0 fully saturated rings. The van der Waals surface area contributed by atoms with Crippen molar-refractivity contribution in [2.45, 2.75) is 12.1 Å². The number of para-hydroxylation sites is 3. The smallest absolute Gasteiger partial charge is 0.232 e. The summed E-state index contributed by atoms with van der Waals surface area (Å²) in [6, 6.07) is 26.2. The highest BCUT2D eigenvalue weighted by Crippen LogP contribution is 2.41. The van der Waals surface area contributed by atoms with Gasteiger partial charge in [0.25, 0.3) is 0 Å². The Labute approximate surface area is 202 Å². The third-order valence-corrected chi connectivity index (χ3v) is 5.17. The number of amides is 1. The Kier molecular flexibility index (Phi) is 7.51. The number of benzene rings is 3. The third kappa shape index (κ3) is 5.99. The van der Waals surface area contributed by atoms with Crippen molar-refractivity contribution in [3.63, 3.8) is 0 Å². The van der Waals surface area contributed by atoms with Crippen LogP contribution in [0.5, 0.6) is 11.5 Å². The molecule has 1 heterocycles. The minimum absolute atomic E-state index is 0.0676. The van der Waals surface area contributed by atoms with Gasteiger partial charge < -0.3 is 20.7 Å². The van der Waals surface area contributed by atoms with Crippen molar-refractivity contribution in [1.29, 1.82) is 0 Å². The molecule has 172 valence electrons. The molecular weight excluding hydrogens is 450 g/mol. The summed E-state index contributed by atoms with van der Waals surface area (Å²) < 4.78 is 6.04. The van der Waals surface area contributed by atoms with E-state index in [9.17, 15) is 4.79 Å². The highest BCUT2D eigenvalue weighted by Gasteiger charge is 2.40. The highest BCUT2D eigenvalue weighted by atomic mass is 32.1. The Hall–Kier alpha value is -4.18. The number of thiocarbonyl (C=S) groups is 1. The Morgan fingerprint density at radius 2 is 1.44 bits per heavy atom. The van der Waals surface area contributed by atoms with Crippen LogP contribution < -0.4 is 20.7 Å². The van der Waals surface area contributed by atoms with Crippen molar-refractivity contribution in [1.82, 2.24) is 10.6 Å². The lowest BCUT2D eigenvalue weighted by molar-refractivity contribution is -0.122. The normalized spacial score (nSPS) is 13.3. The summed E-state index contributed by atoms with van der Waals surface area (Å²) in [5.74, 6) is 0.936. The summed E-state index contributed by atoms with van der Waals surface area (Å²) in [6.45, 7) is 0.816. The molecule has 0 unspecified atom stereocenters. The fourth-order valence-corrected chi connectivity index (χ4v) is 3.56. The van der Waals surface area contributed by atoms with Gasteiger partial charge in [-0.1, -0.05) is 54.6 Å². The van der Waals surface area contributed by atoms with Crippen molar-refractivity contribution >= 4 is 28.9 Å². The quantitative estimate of drug-likeness (QED) is 0.300. The van der Waals surface area contributed by atoms with Crippen LogP contribution in [-0.4, -0.2) is 24.1 Å². The third-order valence-electron chi connectivity index (χ3n) is 4.92. The maximum absolute atomic E-state index is 12.8. The van der Waals surface area contributed by atoms with Crippen molar-refractivity contribution < 1.29 is 9.53 Å². The first kappa shape index (κ1) is 23.0. The van der Waals surface area contributed by atoms with E-state index in [0.717, 1.165) is 5.69 Å². The maximum atomic E-state index is 12.8. The Morgan fingerprint density at radius 1 is 0.824 bits per heavy atom. The SMILES string of the molecule is O=C(CC1(c2ccccc2Oc2ccccc2)N=NN=N1)NCCNC(=S)Nc1ccccc1. The van der Waals surface area contributed by atoms with Gasteiger partial charge in [0.2, 0.25) is 11.6 Å². The fraction of sp³-hybridized carbons (Fsp3) is 0.167. The molecule has 0 saturated heterocycles. The van der Waals surface area contributed by atoms with E-state index in [1.165, 1.54) is 0 Å². The second-order valence-electron chi connectivity index (χ2n) is 7.38. The zero-order chi connectivity index (χ0) is 23.6. The van der Waals surface area contributed by atoms with E-state index >= 15 is 0 Å². The van der Waals surface area contributed by atoms with Crippen LogP contribution >= 0.6 is 12.2 Å². The van der Waals surface area contributed by atoms with Gasteiger partial charge in [-0.15, -0.1) is 10.2 Å². The molecule has 0 aliphatic carbocycles. The van der Waals surface area contributed by atoms with Crippen molar-refractivity contribution in [3.05, 3.63) is 90.5 Å². The average Bonchev–Trinajstić information content (AvgIpc) is 3.33. The molecule has 9 nitrogen and oxygen atoms in total. The first-order valence-corrected chi connectivity index (χ1v) is 11.1. The van der Waals surface area contributed by atoms with Gasteiger partial charge >= 0.3 is 0 Å². The topological polar surface area (TPSA) is 112 Å². The molecule has 10 heteroatoms. The van der Waals surface area contributed by atoms with Crippen LogP contribution in [0.1, 0.15) is 12.0 Å². The summed E-state index contributed by atoms with van der Waals surface area (Å²) in [4.78, 5) is 12.8. The van der Waals surface area contributed by atoms with Crippen LogP contribution in [0.3, 0.4) is 0 Å². The summed E-state index contributed by atoms with van der Waals surface area (Å²) in [6.07, 6.45) is -0.0676. The molecule has 0 radical (unpaired) electrons. The van der Waals surface area contributed by atoms with Gasteiger partial charge in [0, 0.05) is 24.3 Å².